The van der Waals surface area contributed by atoms with Crippen molar-refractivity contribution in [2.45, 2.75) is 12.6 Å². The fourth-order valence-electron chi connectivity index (χ4n) is 2.56. The van der Waals surface area contributed by atoms with Gasteiger partial charge in [-0.2, -0.15) is 13.2 Å². The zero-order chi connectivity index (χ0) is 20.0. The molecule has 0 saturated carbocycles. The highest BCUT2D eigenvalue weighted by atomic mass is 19.4. The molecule has 1 aliphatic heterocycles. The zero-order valence-corrected chi connectivity index (χ0v) is 14.5. The zero-order valence-electron chi connectivity index (χ0n) is 14.5. The number of nitrogens with one attached hydrogen (secondary N) is 1. The number of esters is 1. The van der Waals surface area contributed by atoms with Gasteiger partial charge in [0.2, 0.25) is 5.91 Å². The third-order valence-corrected chi connectivity index (χ3v) is 3.92. The van der Waals surface area contributed by atoms with E-state index in [1.807, 2.05) is 0 Å². The highest BCUT2D eigenvalue weighted by Gasteiger charge is 2.37. The van der Waals surface area contributed by atoms with Crippen molar-refractivity contribution in [3.8, 4) is 0 Å². The normalized spacial score (nSPS) is 17.1. The fraction of sp³-hybridized carbons (Fsp3) is 0.471. The van der Waals surface area contributed by atoms with E-state index < -0.39 is 42.0 Å². The number of rotatable bonds is 7. The van der Waals surface area contributed by atoms with Crippen molar-refractivity contribution in [3.63, 3.8) is 0 Å². The molecule has 0 aliphatic carbocycles. The lowest BCUT2D eigenvalue weighted by Crippen LogP contribution is -2.33. The van der Waals surface area contributed by atoms with Crippen LogP contribution in [0.25, 0.3) is 0 Å². The van der Waals surface area contributed by atoms with Gasteiger partial charge in [0.15, 0.2) is 6.61 Å². The number of amides is 2. The minimum atomic E-state index is -4.53. The largest absolute Gasteiger partial charge is 0.455 e. The van der Waals surface area contributed by atoms with E-state index in [0.29, 0.717) is 6.61 Å². The smallest absolute Gasteiger partial charge is 0.416 e. The van der Waals surface area contributed by atoms with E-state index in [0.717, 1.165) is 17.0 Å². The molecule has 2 amide bonds. The van der Waals surface area contributed by atoms with Crippen LogP contribution >= 0.6 is 0 Å². The lowest BCUT2D eigenvalue weighted by molar-refractivity contribution is -0.152. The van der Waals surface area contributed by atoms with Crippen LogP contribution in [0.4, 0.5) is 18.9 Å². The van der Waals surface area contributed by atoms with E-state index in [1.165, 1.54) is 19.2 Å². The molecular weight excluding hydrogens is 369 g/mol. The molecular formula is C17H19F3N2O5. The Balaban J connectivity index is 1.93. The van der Waals surface area contributed by atoms with Gasteiger partial charge in [0, 0.05) is 32.3 Å². The number of benzene rings is 1. The van der Waals surface area contributed by atoms with Crippen molar-refractivity contribution in [2.24, 2.45) is 5.92 Å². The number of carbonyl (C=O) groups excluding carboxylic acids is 3. The lowest BCUT2D eigenvalue weighted by Gasteiger charge is -2.18. The molecule has 1 saturated heterocycles. The maximum atomic E-state index is 12.8. The number of hydrogen-bond acceptors (Lipinski definition) is 5. The van der Waals surface area contributed by atoms with E-state index in [-0.39, 0.29) is 25.2 Å². The molecule has 0 unspecified atom stereocenters. The third-order valence-electron chi connectivity index (χ3n) is 3.92. The van der Waals surface area contributed by atoms with Crippen molar-refractivity contribution in [1.29, 1.82) is 0 Å². The molecule has 10 heteroatoms. The van der Waals surface area contributed by atoms with Crippen LogP contribution < -0.4 is 10.2 Å². The molecule has 1 aromatic rings. The van der Waals surface area contributed by atoms with Gasteiger partial charge in [-0.25, -0.2) is 0 Å². The SMILES string of the molecule is COCCNC(=O)COC(=O)[C@@H]1CC(=O)N(c2cccc(C(F)(F)F)c2)C1. The molecule has 1 heterocycles. The monoisotopic (exact) mass is 388 g/mol. The fourth-order valence-corrected chi connectivity index (χ4v) is 2.56. The maximum absolute atomic E-state index is 12.8. The summed E-state index contributed by atoms with van der Waals surface area (Å²) in [5.74, 6) is -2.60. The van der Waals surface area contributed by atoms with Gasteiger partial charge in [0.25, 0.3) is 5.91 Å². The summed E-state index contributed by atoms with van der Waals surface area (Å²) in [6.45, 7) is -0.0397. The van der Waals surface area contributed by atoms with Crippen LogP contribution in [0.5, 0.6) is 0 Å². The average Bonchev–Trinajstić information content (AvgIpc) is 3.01. The molecule has 1 atom stereocenters. The van der Waals surface area contributed by atoms with Gasteiger partial charge in [0.05, 0.1) is 18.1 Å². The molecule has 0 spiro atoms. The summed E-state index contributed by atoms with van der Waals surface area (Å²) in [6.07, 6.45) is -4.73. The van der Waals surface area contributed by atoms with Crippen molar-refractivity contribution in [3.05, 3.63) is 29.8 Å². The Kier molecular flexibility index (Phi) is 6.78. The minimum absolute atomic E-state index is 0.0578. The Labute approximate surface area is 153 Å². The molecule has 2 rings (SSSR count). The van der Waals surface area contributed by atoms with E-state index in [2.05, 4.69) is 5.32 Å². The van der Waals surface area contributed by atoms with Crippen molar-refractivity contribution >= 4 is 23.5 Å². The van der Waals surface area contributed by atoms with Gasteiger partial charge in [-0.3, -0.25) is 14.4 Å². The highest BCUT2D eigenvalue weighted by Crippen LogP contribution is 2.33. The van der Waals surface area contributed by atoms with Crippen LogP contribution in [-0.4, -0.2) is 51.2 Å². The molecule has 148 valence electrons. The summed E-state index contributed by atoms with van der Waals surface area (Å²) in [5, 5.41) is 2.47. The number of alkyl halides is 3. The van der Waals surface area contributed by atoms with E-state index in [4.69, 9.17) is 9.47 Å². The van der Waals surface area contributed by atoms with Gasteiger partial charge in [0.1, 0.15) is 0 Å². The minimum Gasteiger partial charge on any atom is -0.455 e. The maximum Gasteiger partial charge on any atom is 0.416 e. The molecule has 0 aromatic heterocycles. The highest BCUT2D eigenvalue weighted by molar-refractivity contribution is 5.99. The third kappa shape index (κ3) is 5.68. The predicted octanol–water partition coefficient (Wildman–Crippen LogP) is 1.36. The Morgan fingerprint density at radius 3 is 2.74 bits per heavy atom. The number of methoxy groups -OCH3 is 1. The summed E-state index contributed by atoms with van der Waals surface area (Å²) < 4.78 is 48.1. The van der Waals surface area contributed by atoms with Crippen LogP contribution in [0.15, 0.2) is 24.3 Å². The second kappa shape index (κ2) is 8.85. The standard InChI is InChI=1S/C17H19F3N2O5/c1-26-6-5-21-14(23)10-27-16(25)11-7-15(24)22(9-11)13-4-2-3-12(8-13)17(18,19)20/h2-4,8,11H,5-7,9-10H2,1H3,(H,21,23)/t11-/m1/s1. The van der Waals surface area contributed by atoms with Crippen LogP contribution in [0.3, 0.4) is 0 Å². The van der Waals surface area contributed by atoms with Crippen LogP contribution in [0.1, 0.15) is 12.0 Å². The summed E-state index contributed by atoms with van der Waals surface area (Å²) in [7, 11) is 1.47. The summed E-state index contributed by atoms with van der Waals surface area (Å²) >= 11 is 0. The Morgan fingerprint density at radius 1 is 1.33 bits per heavy atom. The molecule has 0 bridgehead atoms. The van der Waals surface area contributed by atoms with E-state index in [1.54, 1.807) is 0 Å². The first kappa shape index (κ1) is 20.7. The Hall–Kier alpha value is -2.62. The van der Waals surface area contributed by atoms with Gasteiger partial charge >= 0.3 is 12.1 Å². The Bertz CT molecular complexity index is 708. The van der Waals surface area contributed by atoms with Crippen LogP contribution in [0, 0.1) is 5.92 Å². The Morgan fingerprint density at radius 2 is 2.07 bits per heavy atom. The molecule has 27 heavy (non-hydrogen) atoms. The van der Waals surface area contributed by atoms with Gasteiger partial charge in [-0.05, 0) is 18.2 Å². The van der Waals surface area contributed by atoms with E-state index >= 15 is 0 Å². The molecule has 1 aliphatic rings. The van der Waals surface area contributed by atoms with Crippen LogP contribution in [0.2, 0.25) is 0 Å². The first-order chi connectivity index (χ1) is 12.7. The number of ether oxygens (including phenoxy) is 2. The topological polar surface area (TPSA) is 84.9 Å². The molecule has 1 fully saturated rings. The van der Waals surface area contributed by atoms with Crippen molar-refractivity contribution < 1.29 is 37.0 Å². The number of nitrogens with zero attached hydrogens (tertiary/aromatic N) is 1. The van der Waals surface area contributed by atoms with E-state index in [9.17, 15) is 27.6 Å². The van der Waals surface area contributed by atoms with Crippen LogP contribution in [-0.2, 0) is 30.0 Å². The predicted molar refractivity (Wildman–Crippen MR) is 87.7 cm³/mol. The van der Waals surface area contributed by atoms with Gasteiger partial charge in [-0.15, -0.1) is 0 Å². The number of carbonyl (C=O) groups is 3. The summed E-state index contributed by atoms with van der Waals surface area (Å²) in [4.78, 5) is 36.8. The molecule has 1 aromatic carbocycles. The van der Waals surface area contributed by atoms with Crippen molar-refractivity contribution in [1.82, 2.24) is 5.32 Å². The van der Waals surface area contributed by atoms with Gasteiger partial charge in [-0.1, -0.05) is 6.07 Å². The number of halogens is 3. The summed E-state index contributed by atoms with van der Waals surface area (Å²) in [6, 6.07) is 4.32. The summed E-state index contributed by atoms with van der Waals surface area (Å²) in [5.41, 5.74) is -0.825. The molecule has 0 radical (unpaired) electrons. The van der Waals surface area contributed by atoms with Crippen molar-refractivity contribution in [2.75, 3.05) is 38.3 Å². The number of hydrogen-bond donors (Lipinski definition) is 1. The second-order valence-electron chi connectivity index (χ2n) is 5.90. The second-order valence-corrected chi connectivity index (χ2v) is 5.90. The molecule has 1 N–H and O–H groups in total. The van der Waals surface area contributed by atoms with Gasteiger partial charge < -0.3 is 19.7 Å². The first-order valence-corrected chi connectivity index (χ1v) is 8.12. The lowest BCUT2D eigenvalue weighted by atomic mass is 10.1. The average molecular weight is 388 g/mol. The molecule has 7 nitrogen and oxygen atoms in total. The number of anilines is 1. The first-order valence-electron chi connectivity index (χ1n) is 8.12. The quantitative estimate of drug-likeness (QED) is 0.563.